The largest absolute Gasteiger partial charge is 0.349 e. The molecule has 13 heteroatoms. The highest BCUT2D eigenvalue weighted by molar-refractivity contribution is 5.98. The zero-order chi connectivity index (χ0) is 34.1. The van der Waals surface area contributed by atoms with E-state index in [0.29, 0.717) is 44.6 Å². The number of rotatable bonds is 11. The number of carbonyl (C=O) groups is 4. The van der Waals surface area contributed by atoms with Gasteiger partial charge in [-0.3, -0.25) is 19.2 Å². The van der Waals surface area contributed by atoms with Gasteiger partial charge in [0.25, 0.3) is 5.91 Å². The van der Waals surface area contributed by atoms with Gasteiger partial charge in [0.05, 0.1) is 17.3 Å². The third-order valence-electron chi connectivity index (χ3n) is 8.85. The van der Waals surface area contributed by atoms with Crippen molar-refractivity contribution in [1.29, 1.82) is 5.26 Å². The number of nitrogens with zero attached hydrogens (tertiary/aromatic N) is 3. The van der Waals surface area contributed by atoms with Gasteiger partial charge in [0.1, 0.15) is 17.9 Å². The summed E-state index contributed by atoms with van der Waals surface area (Å²) in [7, 11) is 1.96. The fraction of sp³-hybridized carbons (Fsp3) is 0.500. The Morgan fingerprint density at radius 3 is 2.23 bits per heavy atom. The summed E-state index contributed by atoms with van der Waals surface area (Å²) >= 11 is 0. The average molecular weight is 655 g/mol. The fourth-order valence-corrected chi connectivity index (χ4v) is 5.96. The Labute approximate surface area is 272 Å². The molecule has 47 heavy (non-hydrogen) atoms. The minimum absolute atomic E-state index is 0.0211. The molecule has 1 heterocycles. The highest BCUT2D eigenvalue weighted by Gasteiger charge is 2.44. The lowest BCUT2D eigenvalue weighted by atomic mass is 9.83. The van der Waals surface area contributed by atoms with E-state index >= 15 is 13.2 Å². The van der Waals surface area contributed by atoms with Gasteiger partial charge < -0.3 is 25.8 Å². The van der Waals surface area contributed by atoms with Crippen molar-refractivity contribution in [3.8, 4) is 6.07 Å². The van der Waals surface area contributed by atoms with Gasteiger partial charge in [0, 0.05) is 44.6 Å². The summed E-state index contributed by atoms with van der Waals surface area (Å²) in [6, 6.07) is 7.90. The maximum Gasteiger partial charge on any atom is 0.349 e. The highest BCUT2D eigenvalue weighted by Crippen LogP contribution is 2.32. The topological polar surface area (TPSA) is 135 Å². The second kappa shape index (κ2) is 15.9. The Hall–Kier alpha value is -4.44. The van der Waals surface area contributed by atoms with Gasteiger partial charge in [-0.2, -0.15) is 14.0 Å². The summed E-state index contributed by atoms with van der Waals surface area (Å²) in [5.41, 5.74) is -0.283. The van der Waals surface area contributed by atoms with Crippen LogP contribution in [-0.4, -0.2) is 78.7 Å². The molecule has 1 aliphatic heterocycles. The summed E-state index contributed by atoms with van der Waals surface area (Å²) in [6.45, 7) is 4.06. The molecule has 0 bridgehead atoms. The molecule has 1 saturated heterocycles. The van der Waals surface area contributed by atoms with Crippen LogP contribution >= 0.6 is 0 Å². The van der Waals surface area contributed by atoms with Crippen LogP contribution in [0.5, 0.6) is 0 Å². The normalized spacial score (nSPS) is 17.2. The molecule has 4 rings (SSSR count). The number of halogens is 3. The monoisotopic (exact) mass is 654 g/mol. The van der Waals surface area contributed by atoms with Gasteiger partial charge in [-0.05, 0) is 55.6 Å². The lowest BCUT2D eigenvalue weighted by Crippen LogP contribution is -2.54. The molecule has 2 aliphatic rings. The van der Waals surface area contributed by atoms with E-state index in [1.807, 2.05) is 13.1 Å². The molecular weight excluding hydrogens is 613 g/mol. The molecule has 2 fully saturated rings. The number of piperazine rings is 1. The highest BCUT2D eigenvalue weighted by atomic mass is 19.3. The van der Waals surface area contributed by atoms with Crippen molar-refractivity contribution in [2.45, 2.75) is 69.9 Å². The van der Waals surface area contributed by atoms with Gasteiger partial charge in [-0.15, -0.1) is 0 Å². The summed E-state index contributed by atoms with van der Waals surface area (Å²) in [5, 5.41) is 16.4. The molecule has 2 aromatic rings. The van der Waals surface area contributed by atoms with Crippen LogP contribution in [0.15, 0.2) is 42.5 Å². The Balaban J connectivity index is 1.49. The van der Waals surface area contributed by atoms with E-state index in [4.69, 9.17) is 5.26 Å². The molecule has 2 aromatic carbocycles. The van der Waals surface area contributed by atoms with E-state index in [1.165, 1.54) is 24.3 Å². The molecule has 3 N–H and O–H groups in total. The van der Waals surface area contributed by atoms with Gasteiger partial charge in [0.15, 0.2) is 0 Å². The fourth-order valence-electron chi connectivity index (χ4n) is 5.96. The lowest BCUT2D eigenvalue weighted by molar-refractivity contribution is -0.149. The predicted molar refractivity (Wildman–Crippen MR) is 169 cm³/mol. The van der Waals surface area contributed by atoms with Crippen molar-refractivity contribution in [3.05, 3.63) is 65.0 Å². The third-order valence-corrected chi connectivity index (χ3v) is 8.85. The molecule has 1 aliphatic carbocycles. The second-order valence-corrected chi connectivity index (χ2v) is 12.2. The number of nitriles is 1. The van der Waals surface area contributed by atoms with Crippen molar-refractivity contribution in [1.82, 2.24) is 20.4 Å². The summed E-state index contributed by atoms with van der Waals surface area (Å²) < 4.78 is 45.7. The molecule has 2 atom stereocenters. The Kier molecular flexibility index (Phi) is 12.0. The first-order valence-electron chi connectivity index (χ1n) is 16.0. The number of anilines is 1. The Morgan fingerprint density at radius 1 is 0.979 bits per heavy atom. The molecule has 0 aromatic heterocycles. The van der Waals surface area contributed by atoms with Gasteiger partial charge in [-0.1, -0.05) is 44.4 Å². The van der Waals surface area contributed by atoms with Crippen molar-refractivity contribution in [2.24, 2.45) is 5.92 Å². The predicted octanol–water partition coefficient (Wildman–Crippen LogP) is 3.70. The molecule has 0 spiro atoms. The number of benzene rings is 2. The van der Waals surface area contributed by atoms with Crippen molar-refractivity contribution in [3.63, 3.8) is 0 Å². The minimum atomic E-state index is -3.99. The number of amides is 4. The maximum absolute atomic E-state index is 15.4. The first kappa shape index (κ1) is 35.4. The van der Waals surface area contributed by atoms with E-state index in [2.05, 4.69) is 20.9 Å². The number of likely N-dealkylation sites (N-methyl/N-ethyl adjacent to an activating group) is 1. The molecule has 10 nitrogen and oxygen atoms in total. The molecule has 0 unspecified atom stereocenters. The molecule has 252 valence electrons. The quantitative estimate of drug-likeness (QED) is 0.339. The van der Waals surface area contributed by atoms with Crippen LogP contribution < -0.4 is 16.0 Å². The van der Waals surface area contributed by atoms with E-state index < -0.39 is 47.1 Å². The zero-order valence-corrected chi connectivity index (χ0v) is 26.7. The number of hydrogen-bond donors (Lipinski definition) is 3. The Morgan fingerprint density at radius 2 is 1.64 bits per heavy atom. The minimum Gasteiger partial charge on any atom is -0.344 e. The van der Waals surface area contributed by atoms with E-state index in [-0.39, 0.29) is 35.9 Å². The van der Waals surface area contributed by atoms with Crippen LogP contribution in [0.3, 0.4) is 0 Å². The standard InChI is InChI=1S/C34H41F3N6O4/c1-3-29(44)39-28(32(46)43-17-15-42(2)16-18-43)20-23-11-14-27(26(35)19-23)40-31(45)30(24-7-5-4-6-8-24)41-33(47)34(36,37)25-12-9-22(21-38)10-13-25/h9-14,19,24,28,30H,3-8,15-18,20H2,1-2H3,(H,39,44)(H,40,45)(H,41,47)/t28-,30+/m1/s1. The molecular formula is C34H41F3N6O4. The van der Waals surface area contributed by atoms with Crippen molar-refractivity contribution in [2.75, 3.05) is 38.5 Å². The summed E-state index contributed by atoms with van der Waals surface area (Å²) in [5.74, 6) is -8.32. The van der Waals surface area contributed by atoms with Crippen LogP contribution in [0.4, 0.5) is 18.9 Å². The lowest BCUT2D eigenvalue weighted by Gasteiger charge is -2.34. The van der Waals surface area contributed by atoms with E-state index in [1.54, 1.807) is 11.8 Å². The van der Waals surface area contributed by atoms with E-state index in [0.717, 1.165) is 37.5 Å². The molecule has 0 radical (unpaired) electrons. The van der Waals surface area contributed by atoms with Crippen molar-refractivity contribution >= 4 is 29.3 Å². The van der Waals surface area contributed by atoms with Crippen LogP contribution in [-0.2, 0) is 31.5 Å². The van der Waals surface area contributed by atoms with Crippen LogP contribution in [0.25, 0.3) is 0 Å². The Bertz CT molecular complexity index is 1480. The first-order chi connectivity index (χ1) is 22.4. The summed E-state index contributed by atoms with van der Waals surface area (Å²) in [4.78, 5) is 55.7. The number of hydrogen-bond acceptors (Lipinski definition) is 6. The average Bonchev–Trinajstić information content (AvgIpc) is 3.08. The smallest absolute Gasteiger partial charge is 0.344 e. The molecule has 1 saturated carbocycles. The number of nitrogens with one attached hydrogen (secondary N) is 3. The van der Waals surface area contributed by atoms with E-state index in [9.17, 15) is 19.2 Å². The van der Waals surface area contributed by atoms with Gasteiger partial charge in [-0.25, -0.2) is 4.39 Å². The van der Waals surface area contributed by atoms with Crippen LogP contribution in [0, 0.1) is 23.1 Å². The van der Waals surface area contributed by atoms with Gasteiger partial charge in [0.2, 0.25) is 17.7 Å². The van der Waals surface area contributed by atoms with Crippen molar-refractivity contribution < 1.29 is 32.3 Å². The summed E-state index contributed by atoms with van der Waals surface area (Å²) in [6.07, 6.45) is 3.65. The number of alkyl halides is 2. The first-order valence-corrected chi connectivity index (χ1v) is 16.0. The second-order valence-electron chi connectivity index (χ2n) is 12.2. The van der Waals surface area contributed by atoms with Crippen LogP contribution in [0.1, 0.15) is 62.1 Å². The maximum atomic E-state index is 15.4. The number of carbonyl (C=O) groups excluding carboxylic acids is 4. The SMILES string of the molecule is CCC(=O)N[C@H](Cc1ccc(NC(=O)[C@@H](NC(=O)C(F)(F)c2ccc(C#N)cc2)C2CCCCC2)c(F)c1)C(=O)N1CCN(C)CC1. The van der Waals surface area contributed by atoms with Gasteiger partial charge >= 0.3 is 5.92 Å². The third kappa shape index (κ3) is 9.10. The van der Waals surface area contributed by atoms with Crippen LogP contribution in [0.2, 0.25) is 0 Å². The zero-order valence-electron chi connectivity index (χ0n) is 26.7. The molecule has 4 amide bonds.